The molecule has 0 atom stereocenters. The number of aromatic nitrogens is 3. The van der Waals surface area contributed by atoms with Crippen molar-refractivity contribution >= 4 is 39.9 Å². The molecule has 4 aromatic rings. The van der Waals surface area contributed by atoms with Crippen molar-refractivity contribution in [3.8, 4) is 11.5 Å². The number of likely N-dealkylation sites (tertiary alicyclic amines) is 1. The number of aliphatic hydroxyl groups is 1. The molecule has 2 N–H and O–H groups in total. The number of aryl methyl sites for hydroxylation is 1. The van der Waals surface area contributed by atoms with Crippen LogP contribution >= 0.6 is 11.6 Å². The van der Waals surface area contributed by atoms with Crippen LogP contribution in [0.5, 0.6) is 11.5 Å². The number of ether oxygens (including phenoxy) is 2. The number of aliphatic hydroxyl groups excluding tert-OH is 1. The van der Waals surface area contributed by atoms with E-state index >= 15 is 0 Å². The fraction of sp³-hybridized carbons (Fsp3) is 0.310. The van der Waals surface area contributed by atoms with Crippen LogP contribution in [0.4, 0.5) is 11.5 Å². The minimum Gasteiger partial charge on any atom is -0.492 e. The first kappa shape index (κ1) is 26.6. The number of rotatable bonds is 9. The third-order valence-electron chi connectivity index (χ3n) is 6.72. The smallest absolute Gasteiger partial charge is 0.248 e. The molecule has 1 aliphatic heterocycles. The molecule has 0 aliphatic carbocycles. The second-order valence-corrected chi connectivity index (χ2v) is 9.90. The van der Waals surface area contributed by atoms with Gasteiger partial charge in [-0.2, -0.15) is 0 Å². The number of anilines is 2. The van der Waals surface area contributed by atoms with E-state index in [1.165, 1.54) is 6.33 Å². The van der Waals surface area contributed by atoms with E-state index in [9.17, 15) is 4.79 Å². The molecule has 0 saturated carbocycles. The molecular formula is C29H30ClN5O4. The third kappa shape index (κ3) is 6.55. The maximum atomic E-state index is 11.7. The number of piperidine rings is 1. The summed E-state index contributed by atoms with van der Waals surface area (Å²) in [5, 5.41) is 13.7. The van der Waals surface area contributed by atoms with E-state index < -0.39 is 6.61 Å². The summed E-state index contributed by atoms with van der Waals surface area (Å²) < 4.78 is 12.1. The van der Waals surface area contributed by atoms with Crippen LogP contribution in [-0.4, -0.2) is 57.2 Å². The summed E-state index contributed by atoms with van der Waals surface area (Å²) in [5.41, 5.74) is 3.27. The third-order valence-corrected chi connectivity index (χ3v) is 7.01. The van der Waals surface area contributed by atoms with Crippen molar-refractivity contribution in [2.45, 2.75) is 26.4 Å². The summed E-state index contributed by atoms with van der Waals surface area (Å²) in [7, 11) is 0. The van der Waals surface area contributed by atoms with E-state index in [1.54, 1.807) is 11.0 Å². The Kier molecular flexibility index (Phi) is 8.39. The number of benzene rings is 2. The Hall–Kier alpha value is -3.95. The standard InChI is InChI=1S/C29H30ClN5O4/c1-19-4-2-5-22(33-19)17-39-25-9-8-21(14-23(25)30)34-29-28-24(31-18-32-29)6-3-7-26(28)38-16-20-10-12-35(13-11-20)27(37)15-36/h2-9,14,18,20,36H,10-13,15-17H2,1H3,(H,31,32,34). The van der Waals surface area contributed by atoms with Crippen molar-refractivity contribution in [3.05, 3.63) is 77.3 Å². The maximum Gasteiger partial charge on any atom is 0.248 e. The van der Waals surface area contributed by atoms with Crippen LogP contribution in [0.25, 0.3) is 10.9 Å². The minimum atomic E-state index is -0.446. The lowest BCUT2D eigenvalue weighted by atomic mass is 9.98. The van der Waals surface area contributed by atoms with Crippen LogP contribution in [0, 0.1) is 12.8 Å². The molecular weight excluding hydrogens is 518 g/mol. The predicted molar refractivity (Wildman–Crippen MR) is 149 cm³/mol. The van der Waals surface area contributed by atoms with Crippen LogP contribution in [0.3, 0.4) is 0 Å². The average molecular weight is 548 g/mol. The quantitative estimate of drug-likeness (QED) is 0.304. The fourth-order valence-corrected chi connectivity index (χ4v) is 4.85. The van der Waals surface area contributed by atoms with Gasteiger partial charge in [-0.05, 0) is 68.1 Å². The second kappa shape index (κ2) is 12.3. The highest BCUT2D eigenvalue weighted by Gasteiger charge is 2.23. The Bertz CT molecular complexity index is 1450. The van der Waals surface area contributed by atoms with Gasteiger partial charge >= 0.3 is 0 Å². The Morgan fingerprint density at radius 2 is 1.90 bits per heavy atom. The summed E-state index contributed by atoms with van der Waals surface area (Å²) in [6.45, 7) is 3.59. The van der Waals surface area contributed by atoms with E-state index in [-0.39, 0.29) is 5.91 Å². The molecule has 1 amide bonds. The van der Waals surface area contributed by atoms with Gasteiger partial charge in [0.15, 0.2) is 0 Å². The first-order chi connectivity index (χ1) is 19.0. The second-order valence-electron chi connectivity index (χ2n) is 9.50. The van der Waals surface area contributed by atoms with Gasteiger partial charge in [0.1, 0.15) is 36.9 Å². The van der Waals surface area contributed by atoms with Crippen molar-refractivity contribution in [1.82, 2.24) is 19.9 Å². The van der Waals surface area contributed by atoms with Gasteiger partial charge in [0.05, 0.1) is 28.2 Å². The largest absolute Gasteiger partial charge is 0.492 e. The monoisotopic (exact) mass is 547 g/mol. The van der Waals surface area contributed by atoms with Crippen molar-refractivity contribution in [2.24, 2.45) is 5.92 Å². The van der Waals surface area contributed by atoms with Crippen LogP contribution < -0.4 is 14.8 Å². The van der Waals surface area contributed by atoms with Gasteiger partial charge < -0.3 is 24.8 Å². The molecule has 1 aliphatic rings. The normalized spacial score (nSPS) is 13.9. The summed E-state index contributed by atoms with van der Waals surface area (Å²) in [4.78, 5) is 26.8. The number of amides is 1. The molecule has 2 aromatic carbocycles. The maximum absolute atomic E-state index is 11.7. The summed E-state index contributed by atoms with van der Waals surface area (Å²) in [6.07, 6.45) is 3.16. The number of halogens is 1. The number of fused-ring (bicyclic) bond motifs is 1. The SMILES string of the molecule is Cc1cccc(COc2ccc(Nc3ncnc4cccc(OCC5CCN(C(=O)CO)CC5)c34)cc2Cl)n1. The Balaban J connectivity index is 1.27. The Morgan fingerprint density at radius 1 is 1.08 bits per heavy atom. The highest BCUT2D eigenvalue weighted by Crippen LogP contribution is 2.34. The highest BCUT2D eigenvalue weighted by molar-refractivity contribution is 6.32. The van der Waals surface area contributed by atoms with Gasteiger partial charge in [-0.15, -0.1) is 0 Å². The molecule has 0 radical (unpaired) electrons. The van der Waals surface area contributed by atoms with Crippen molar-refractivity contribution < 1.29 is 19.4 Å². The van der Waals surface area contributed by atoms with Crippen molar-refractivity contribution in [3.63, 3.8) is 0 Å². The molecule has 1 saturated heterocycles. The highest BCUT2D eigenvalue weighted by atomic mass is 35.5. The van der Waals surface area contributed by atoms with Crippen molar-refractivity contribution in [2.75, 3.05) is 31.6 Å². The molecule has 9 nitrogen and oxygen atoms in total. The molecule has 39 heavy (non-hydrogen) atoms. The lowest BCUT2D eigenvalue weighted by molar-refractivity contribution is -0.135. The van der Waals surface area contributed by atoms with Crippen LogP contribution in [0.1, 0.15) is 24.2 Å². The van der Waals surface area contributed by atoms with E-state index in [0.29, 0.717) is 54.6 Å². The molecule has 1 fully saturated rings. The van der Waals surface area contributed by atoms with Gasteiger partial charge in [0.2, 0.25) is 5.91 Å². The lowest BCUT2D eigenvalue weighted by Gasteiger charge is -2.31. The van der Waals surface area contributed by atoms with Crippen molar-refractivity contribution in [1.29, 1.82) is 0 Å². The minimum absolute atomic E-state index is 0.223. The van der Waals surface area contributed by atoms with Gasteiger partial charge in [-0.3, -0.25) is 9.78 Å². The fourth-order valence-electron chi connectivity index (χ4n) is 4.61. The number of hydrogen-bond acceptors (Lipinski definition) is 8. The molecule has 0 unspecified atom stereocenters. The first-order valence-corrected chi connectivity index (χ1v) is 13.2. The number of nitrogens with zero attached hydrogens (tertiary/aromatic N) is 4. The summed E-state index contributed by atoms with van der Waals surface area (Å²) in [5.74, 6) is 1.94. The van der Waals surface area contributed by atoms with Crippen LogP contribution in [0.15, 0.2) is 60.9 Å². The number of pyridine rings is 1. The molecule has 2 aromatic heterocycles. The van der Waals surface area contributed by atoms with Gasteiger partial charge in [0, 0.05) is 24.5 Å². The molecule has 10 heteroatoms. The summed E-state index contributed by atoms with van der Waals surface area (Å²) in [6, 6.07) is 17.0. The first-order valence-electron chi connectivity index (χ1n) is 12.9. The molecule has 202 valence electrons. The molecule has 5 rings (SSSR count). The average Bonchev–Trinajstić information content (AvgIpc) is 2.95. The number of nitrogens with one attached hydrogen (secondary N) is 1. The Labute approximate surface area is 231 Å². The van der Waals surface area contributed by atoms with E-state index in [1.807, 2.05) is 55.5 Å². The molecule has 3 heterocycles. The van der Waals surface area contributed by atoms with E-state index in [2.05, 4.69) is 20.3 Å². The number of hydrogen-bond donors (Lipinski definition) is 2. The topological polar surface area (TPSA) is 110 Å². The number of carbonyl (C=O) groups excluding carboxylic acids is 1. The van der Waals surface area contributed by atoms with Gasteiger partial charge in [-0.1, -0.05) is 23.7 Å². The lowest BCUT2D eigenvalue weighted by Crippen LogP contribution is -2.41. The zero-order valence-corrected chi connectivity index (χ0v) is 22.4. The van der Waals surface area contributed by atoms with E-state index in [0.717, 1.165) is 40.8 Å². The zero-order chi connectivity index (χ0) is 27.2. The van der Waals surface area contributed by atoms with Crippen LogP contribution in [-0.2, 0) is 11.4 Å². The predicted octanol–water partition coefficient (Wildman–Crippen LogP) is 4.92. The zero-order valence-electron chi connectivity index (χ0n) is 21.6. The Morgan fingerprint density at radius 3 is 2.67 bits per heavy atom. The van der Waals surface area contributed by atoms with E-state index in [4.69, 9.17) is 26.2 Å². The van der Waals surface area contributed by atoms with Crippen LogP contribution in [0.2, 0.25) is 5.02 Å². The van der Waals surface area contributed by atoms with Gasteiger partial charge in [-0.25, -0.2) is 9.97 Å². The van der Waals surface area contributed by atoms with Gasteiger partial charge in [0.25, 0.3) is 0 Å². The molecule has 0 bridgehead atoms. The number of carbonyl (C=O) groups is 1. The molecule has 0 spiro atoms. The summed E-state index contributed by atoms with van der Waals surface area (Å²) >= 11 is 6.54.